The van der Waals surface area contributed by atoms with Gasteiger partial charge in [-0.15, -0.1) is 11.6 Å². The van der Waals surface area contributed by atoms with Crippen molar-refractivity contribution in [2.75, 3.05) is 11.6 Å². The molecule has 14 heavy (non-hydrogen) atoms. The van der Waals surface area contributed by atoms with Crippen LogP contribution < -0.4 is 5.73 Å². The number of benzene rings is 1. The minimum Gasteiger partial charge on any atom is -0.398 e. The van der Waals surface area contributed by atoms with E-state index in [1.54, 1.807) is 18.2 Å². The molecule has 0 unspecified atom stereocenters. The largest absolute Gasteiger partial charge is 0.398 e. The van der Waals surface area contributed by atoms with Crippen molar-refractivity contribution in [3.8, 4) is 6.07 Å². The summed E-state index contributed by atoms with van der Waals surface area (Å²) in [7, 11) is 0. The van der Waals surface area contributed by atoms with E-state index in [0.29, 0.717) is 11.3 Å². The van der Waals surface area contributed by atoms with Gasteiger partial charge in [0.25, 0.3) is 0 Å². The van der Waals surface area contributed by atoms with Crippen molar-refractivity contribution in [1.29, 1.82) is 5.26 Å². The van der Waals surface area contributed by atoms with Gasteiger partial charge in [0.1, 0.15) is 0 Å². The van der Waals surface area contributed by atoms with E-state index >= 15 is 0 Å². The SMILES string of the molecule is N#Cc1cccc(N)c1C(=O)CCCl. The molecule has 0 aliphatic heterocycles. The zero-order chi connectivity index (χ0) is 10.6. The van der Waals surface area contributed by atoms with E-state index in [4.69, 9.17) is 22.6 Å². The van der Waals surface area contributed by atoms with Gasteiger partial charge in [0.15, 0.2) is 5.78 Å². The van der Waals surface area contributed by atoms with Gasteiger partial charge in [-0.3, -0.25) is 4.79 Å². The number of anilines is 1. The average molecular weight is 209 g/mol. The monoisotopic (exact) mass is 208 g/mol. The van der Waals surface area contributed by atoms with E-state index in [1.165, 1.54) is 0 Å². The Kier molecular flexibility index (Phi) is 3.49. The summed E-state index contributed by atoms with van der Waals surface area (Å²) >= 11 is 5.45. The number of nitriles is 1. The molecule has 0 atom stereocenters. The number of rotatable bonds is 3. The lowest BCUT2D eigenvalue weighted by Crippen LogP contribution is -2.06. The Morgan fingerprint density at radius 1 is 1.57 bits per heavy atom. The molecular weight excluding hydrogens is 200 g/mol. The third-order valence-corrected chi connectivity index (χ3v) is 2.01. The third kappa shape index (κ3) is 2.04. The van der Waals surface area contributed by atoms with Gasteiger partial charge < -0.3 is 5.73 Å². The number of nitrogens with two attached hydrogens (primary N) is 1. The molecule has 72 valence electrons. The zero-order valence-corrected chi connectivity index (χ0v) is 8.21. The van der Waals surface area contributed by atoms with Crippen LogP contribution in [0.25, 0.3) is 0 Å². The number of carbonyl (C=O) groups is 1. The summed E-state index contributed by atoms with van der Waals surface area (Å²) in [4.78, 5) is 11.5. The number of hydrogen-bond acceptors (Lipinski definition) is 3. The van der Waals surface area contributed by atoms with E-state index in [1.807, 2.05) is 6.07 Å². The predicted molar refractivity (Wildman–Crippen MR) is 55.2 cm³/mol. The molecule has 0 aliphatic carbocycles. The highest BCUT2D eigenvalue weighted by molar-refractivity contribution is 6.20. The van der Waals surface area contributed by atoms with Crippen LogP contribution in [0.2, 0.25) is 0 Å². The Bertz CT molecular complexity index is 396. The van der Waals surface area contributed by atoms with E-state index in [9.17, 15) is 4.79 Å². The summed E-state index contributed by atoms with van der Waals surface area (Å²) in [5, 5.41) is 8.77. The van der Waals surface area contributed by atoms with Crippen LogP contribution in [0.1, 0.15) is 22.3 Å². The summed E-state index contributed by atoms with van der Waals surface area (Å²) < 4.78 is 0. The molecule has 0 fully saturated rings. The molecule has 0 aromatic heterocycles. The normalized spacial score (nSPS) is 9.43. The molecule has 0 amide bonds. The van der Waals surface area contributed by atoms with Gasteiger partial charge in [0.05, 0.1) is 17.2 Å². The predicted octanol–water partition coefficient (Wildman–Crippen LogP) is 1.95. The highest BCUT2D eigenvalue weighted by Gasteiger charge is 2.13. The first-order chi connectivity index (χ1) is 6.70. The average Bonchev–Trinajstić information content (AvgIpc) is 2.17. The summed E-state index contributed by atoms with van der Waals surface area (Å²) in [5.41, 5.74) is 6.54. The van der Waals surface area contributed by atoms with E-state index < -0.39 is 0 Å². The first-order valence-corrected chi connectivity index (χ1v) is 4.62. The van der Waals surface area contributed by atoms with Crippen LogP contribution in [-0.2, 0) is 0 Å². The van der Waals surface area contributed by atoms with Crippen LogP contribution in [0.15, 0.2) is 18.2 Å². The minimum absolute atomic E-state index is 0.186. The van der Waals surface area contributed by atoms with Gasteiger partial charge in [-0.1, -0.05) is 6.07 Å². The Hall–Kier alpha value is -1.53. The lowest BCUT2D eigenvalue weighted by atomic mass is 10.0. The van der Waals surface area contributed by atoms with Gasteiger partial charge in [-0.05, 0) is 12.1 Å². The fourth-order valence-electron chi connectivity index (χ4n) is 1.19. The second kappa shape index (κ2) is 4.64. The van der Waals surface area contributed by atoms with Gasteiger partial charge in [-0.25, -0.2) is 0 Å². The maximum absolute atomic E-state index is 11.5. The topological polar surface area (TPSA) is 66.9 Å². The number of nitrogens with zero attached hydrogens (tertiary/aromatic N) is 1. The Balaban J connectivity index is 3.18. The lowest BCUT2D eigenvalue weighted by Gasteiger charge is -2.04. The molecule has 3 nitrogen and oxygen atoms in total. The molecule has 1 aromatic rings. The number of alkyl halides is 1. The van der Waals surface area contributed by atoms with Crippen molar-refractivity contribution in [3.63, 3.8) is 0 Å². The Labute approximate surface area is 87.1 Å². The molecule has 2 N–H and O–H groups in total. The maximum atomic E-state index is 11.5. The first-order valence-electron chi connectivity index (χ1n) is 4.08. The summed E-state index contributed by atoms with van der Waals surface area (Å²) in [6.07, 6.45) is 0.199. The van der Waals surface area contributed by atoms with Crippen molar-refractivity contribution < 1.29 is 4.79 Å². The maximum Gasteiger partial charge on any atom is 0.167 e. The molecule has 4 heteroatoms. The molecule has 0 bridgehead atoms. The second-order valence-electron chi connectivity index (χ2n) is 2.74. The molecular formula is C10H9ClN2O. The standard InChI is InChI=1S/C10H9ClN2O/c11-5-4-9(14)10-7(6-12)2-1-3-8(10)13/h1-3H,4-5,13H2. The van der Waals surface area contributed by atoms with Gasteiger partial charge in [0, 0.05) is 18.0 Å². The fraction of sp³-hybridized carbons (Fsp3) is 0.200. The zero-order valence-electron chi connectivity index (χ0n) is 7.46. The molecule has 0 heterocycles. The molecule has 0 saturated carbocycles. The lowest BCUT2D eigenvalue weighted by molar-refractivity contribution is 0.0990. The van der Waals surface area contributed by atoms with Crippen LogP contribution in [0.3, 0.4) is 0 Å². The van der Waals surface area contributed by atoms with Gasteiger partial charge in [-0.2, -0.15) is 5.26 Å². The number of halogens is 1. The Morgan fingerprint density at radius 3 is 2.86 bits per heavy atom. The number of nitrogen functional groups attached to an aromatic ring is 1. The minimum atomic E-state index is -0.186. The fourth-order valence-corrected chi connectivity index (χ4v) is 1.36. The summed E-state index contributed by atoms with van der Waals surface area (Å²) in [6.45, 7) is 0. The smallest absolute Gasteiger partial charge is 0.167 e. The van der Waals surface area contributed by atoms with Crippen molar-refractivity contribution in [2.45, 2.75) is 6.42 Å². The van der Waals surface area contributed by atoms with Crippen LogP contribution in [0.4, 0.5) is 5.69 Å². The van der Waals surface area contributed by atoms with Crippen molar-refractivity contribution in [1.82, 2.24) is 0 Å². The van der Waals surface area contributed by atoms with Crippen molar-refractivity contribution in [3.05, 3.63) is 29.3 Å². The molecule has 1 rings (SSSR count). The van der Waals surface area contributed by atoms with Crippen molar-refractivity contribution in [2.24, 2.45) is 0 Å². The number of carbonyl (C=O) groups excluding carboxylic acids is 1. The highest BCUT2D eigenvalue weighted by Crippen LogP contribution is 2.18. The van der Waals surface area contributed by atoms with Crippen LogP contribution in [0.5, 0.6) is 0 Å². The second-order valence-corrected chi connectivity index (χ2v) is 3.12. The van der Waals surface area contributed by atoms with Crippen LogP contribution in [0, 0.1) is 11.3 Å². The quantitative estimate of drug-likeness (QED) is 0.469. The molecule has 0 spiro atoms. The molecule has 0 aliphatic rings. The summed E-state index contributed by atoms with van der Waals surface area (Å²) in [6, 6.07) is 6.74. The van der Waals surface area contributed by atoms with E-state index in [-0.39, 0.29) is 23.6 Å². The number of hydrogen-bond donors (Lipinski definition) is 1. The summed E-state index contributed by atoms with van der Waals surface area (Å²) in [5.74, 6) is 0.0487. The van der Waals surface area contributed by atoms with Crippen molar-refractivity contribution >= 4 is 23.1 Å². The van der Waals surface area contributed by atoms with E-state index in [2.05, 4.69) is 0 Å². The van der Waals surface area contributed by atoms with Gasteiger partial charge in [0.2, 0.25) is 0 Å². The van der Waals surface area contributed by atoms with E-state index in [0.717, 1.165) is 0 Å². The molecule has 1 aromatic carbocycles. The molecule has 0 radical (unpaired) electrons. The van der Waals surface area contributed by atoms with Crippen LogP contribution in [-0.4, -0.2) is 11.7 Å². The Morgan fingerprint density at radius 2 is 2.29 bits per heavy atom. The van der Waals surface area contributed by atoms with Gasteiger partial charge >= 0.3 is 0 Å². The van der Waals surface area contributed by atoms with Crippen LogP contribution >= 0.6 is 11.6 Å². The highest BCUT2D eigenvalue weighted by atomic mass is 35.5. The number of Topliss-reactive ketones (excluding diaryl/α,β-unsaturated/α-hetero) is 1. The number of ketones is 1. The first kappa shape index (κ1) is 10.6. The molecule has 0 saturated heterocycles. The third-order valence-electron chi connectivity index (χ3n) is 1.82.